The number of nitrogens with zero attached hydrogens (tertiary/aromatic N) is 4. The van der Waals surface area contributed by atoms with Gasteiger partial charge in [-0.3, -0.25) is 19.7 Å². The van der Waals surface area contributed by atoms with Crippen molar-refractivity contribution in [2.45, 2.75) is 12.8 Å². The Morgan fingerprint density at radius 3 is 2.19 bits per heavy atom. The molecule has 2 fully saturated rings. The largest absolute Gasteiger partial charge is 0.368 e. The van der Waals surface area contributed by atoms with Gasteiger partial charge in [0.25, 0.3) is 11.6 Å². The fourth-order valence-corrected chi connectivity index (χ4v) is 4.49. The van der Waals surface area contributed by atoms with Crippen LogP contribution in [0.15, 0.2) is 48.5 Å². The number of nitro groups is 1. The molecule has 1 atom stereocenters. The SMILES string of the molecule is O=C(c1ccc(Cl)cc1)N1CCC[C@@H](C(=O)N2CCN(c3ccc([N+](=O)[O-])cc3)CC2)C1. The van der Waals surface area contributed by atoms with Crippen LogP contribution in [-0.2, 0) is 4.79 Å². The summed E-state index contributed by atoms with van der Waals surface area (Å²) in [4.78, 5) is 42.2. The van der Waals surface area contributed by atoms with Crippen LogP contribution >= 0.6 is 11.6 Å². The van der Waals surface area contributed by atoms with Gasteiger partial charge in [0, 0.05) is 67.7 Å². The Kier molecular flexibility index (Phi) is 6.60. The van der Waals surface area contributed by atoms with E-state index in [0.717, 1.165) is 18.5 Å². The summed E-state index contributed by atoms with van der Waals surface area (Å²) in [5.74, 6) is -0.157. The highest BCUT2D eigenvalue weighted by molar-refractivity contribution is 6.30. The molecule has 4 rings (SSSR count). The molecule has 2 amide bonds. The van der Waals surface area contributed by atoms with Crippen molar-refractivity contribution in [1.29, 1.82) is 0 Å². The summed E-state index contributed by atoms with van der Waals surface area (Å²) in [5, 5.41) is 11.4. The zero-order valence-corrected chi connectivity index (χ0v) is 18.4. The Balaban J connectivity index is 1.33. The predicted octanol–water partition coefficient (Wildman–Crippen LogP) is 3.45. The normalized spacial score (nSPS) is 19.0. The predicted molar refractivity (Wildman–Crippen MR) is 122 cm³/mol. The molecule has 2 aliphatic rings. The summed E-state index contributed by atoms with van der Waals surface area (Å²) in [6, 6.07) is 13.3. The highest BCUT2D eigenvalue weighted by Crippen LogP contribution is 2.24. The first-order chi connectivity index (χ1) is 15.4. The van der Waals surface area contributed by atoms with Gasteiger partial charge >= 0.3 is 0 Å². The number of rotatable bonds is 4. The third-order valence-electron chi connectivity index (χ3n) is 6.17. The summed E-state index contributed by atoms with van der Waals surface area (Å²) in [6.45, 7) is 3.62. The molecule has 9 heteroatoms. The van der Waals surface area contributed by atoms with Gasteiger partial charge in [-0.05, 0) is 49.2 Å². The van der Waals surface area contributed by atoms with Gasteiger partial charge in [0.2, 0.25) is 5.91 Å². The molecule has 0 radical (unpaired) electrons. The van der Waals surface area contributed by atoms with E-state index in [4.69, 9.17) is 11.6 Å². The number of piperazine rings is 1. The maximum Gasteiger partial charge on any atom is 0.269 e. The zero-order chi connectivity index (χ0) is 22.7. The molecule has 32 heavy (non-hydrogen) atoms. The number of benzene rings is 2. The van der Waals surface area contributed by atoms with Crippen LogP contribution in [0.25, 0.3) is 0 Å². The molecule has 0 saturated carbocycles. The highest BCUT2D eigenvalue weighted by atomic mass is 35.5. The molecule has 0 aliphatic carbocycles. The van der Waals surface area contributed by atoms with Crippen LogP contribution in [0.3, 0.4) is 0 Å². The molecular formula is C23H25ClN4O4. The molecule has 2 aliphatic heterocycles. The second kappa shape index (κ2) is 9.56. The van der Waals surface area contributed by atoms with E-state index in [1.54, 1.807) is 41.3 Å². The number of nitro benzene ring substituents is 1. The molecule has 2 heterocycles. The van der Waals surface area contributed by atoms with E-state index >= 15 is 0 Å². The van der Waals surface area contributed by atoms with Crippen molar-refractivity contribution in [1.82, 2.24) is 9.80 Å². The van der Waals surface area contributed by atoms with Crippen molar-refractivity contribution in [3.05, 3.63) is 69.2 Å². The smallest absolute Gasteiger partial charge is 0.269 e. The van der Waals surface area contributed by atoms with Crippen molar-refractivity contribution < 1.29 is 14.5 Å². The number of amides is 2. The summed E-state index contributed by atoms with van der Waals surface area (Å²) in [7, 11) is 0. The number of carbonyl (C=O) groups excluding carboxylic acids is 2. The zero-order valence-electron chi connectivity index (χ0n) is 17.7. The number of hydrogen-bond donors (Lipinski definition) is 0. The van der Waals surface area contributed by atoms with Crippen molar-refractivity contribution in [3.63, 3.8) is 0 Å². The summed E-state index contributed by atoms with van der Waals surface area (Å²) in [5.41, 5.74) is 1.57. The van der Waals surface area contributed by atoms with Crippen LogP contribution in [0.1, 0.15) is 23.2 Å². The van der Waals surface area contributed by atoms with Gasteiger partial charge < -0.3 is 14.7 Å². The lowest BCUT2D eigenvalue weighted by atomic mass is 9.95. The lowest BCUT2D eigenvalue weighted by Crippen LogP contribution is -2.53. The van der Waals surface area contributed by atoms with Gasteiger partial charge in [0.05, 0.1) is 10.8 Å². The highest BCUT2D eigenvalue weighted by Gasteiger charge is 2.33. The van der Waals surface area contributed by atoms with Crippen LogP contribution < -0.4 is 4.90 Å². The molecule has 2 saturated heterocycles. The number of likely N-dealkylation sites (tertiary alicyclic amines) is 1. The summed E-state index contributed by atoms with van der Waals surface area (Å²) >= 11 is 5.92. The maximum atomic E-state index is 13.1. The quantitative estimate of drug-likeness (QED) is 0.519. The molecule has 0 aromatic heterocycles. The molecule has 0 unspecified atom stereocenters. The molecule has 2 aromatic carbocycles. The van der Waals surface area contributed by atoms with Crippen molar-refractivity contribution in [2.24, 2.45) is 5.92 Å². The van der Waals surface area contributed by atoms with Crippen LogP contribution in [0.5, 0.6) is 0 Å². The maximum absolute atomic E-state index is 13.1. The Morgan fingerprint density at radius 2 is 1.56 bits per heavy atom. The first kappa shape index (κ1) is 22.1. The summed E-state index contributed by atoms with van der Waals surface area (Å²) in [6.07, 6.45) is 1.59. The first-order valence-corrected chi connectivity index (χ1v) is 11.1. The molecule has 2 aromatic rings. The topological polar surface area (TPSA) is 87.0 Å². The average Bonchev–Trinajstić information content (AvgIpc) is 2.84. The van der Waals surface area contributed by atoms with Gasteiger partial charge in [0.1, 0.15) is 0 Å². The van der Waals surface area contributed by atoms with E-state index in [1.807, 2.05) is 4.90 Å². The van der Waals surface area contributed by atoms with E-state index in [2.05, 4.69) is 4.90 Å². The number of hydrogen-bond acceptors (Lipinski definition) is 5. The average molecular weight is 457 g/mol. The Labute approximate surface area is 191 Å². The Morgan fingerprint density at radius 1 is 0.906 bits per heavy atom. The van der Waals surface area contributed by atoms with E-state index in [1.165, 1.54) is 12.1 Å². The van der Waals surface area contributed by atoms with Crippen molar-refractivity contribution in [3.8, 4) is 0 Å². The first-order valence-electron chi connectivity index (χ1n) is 10.8. The standard InChI is InChI=1S/C23H25ClN4O4/c24-19-5-3-17(4-6-19)22(29)27-11-1-2-18(16-27)23(30)26-14-12-25(13-15-26)20-7-9-21(10-8-20)28(31)32/h3-10,18H,1-2,11-16H2/t18-/m1/s1. The number of carbonyl (C=O) groups is 2. The van der Waals surface area contributed by atoms with E-state index in [9.17, 15) is 19.7 Å². The van der Waals surface area contributed by atoms with Crippen LogP contribution in [0, 0.1) is 16.0 Å². The number of anilines is 1. The van der Waals surface area contributed by atoms with E-state index in [0.29, 0.717) is 49.9 Å². The fraction of sp³-hybridized carbons (Fsp3) is 0.391. The van der Waals surface area contributed by atoms with Crippen LogP contribution in [-0.4, -0.2) is 65.8 Å². The number of halogens is 1. The second-order valence-corrected chi connectivity index (χ2v) is 8.62. The Bertz CT molecular complexity index is 988. The van der Waals surface area contributed by atoms with Crippen LogP contribution in [0.4, 0.5) is 11.4 Å². The number of piperidine rings is 1. The summed E-state index contributed by atoms with van der Waals surface area (Å²) < 4.78 is 0. The monoisotopic (exact) mass is 456 g/mol. The minimum absolute atomic E-state index is 0.0672. The van der Waals surface area contributed by atoms with E-state index < -0.39 is 4.92 Å². The lowest BCUT2D eigenvalue weighted by Gasteiger charge is -2.39. The van der Waals surface area contributed by atoms with Crippen molar-refractivity contribution >= 4 is 34.8 Å². The van der Waals surface area contributed by atoms with Crippen LogP contribution in [0.2, 0.25) is 5.02 Å². The molecule has 8 nitrogen and oxygen atoms in total. The van der Waals surface area contributed by atoms with Crippen molar-refractivity contribution in [2.75, 3.05) is 44.2 Å². The van der Waals surface area contributed by atoms with Gasteiger partial charge in [0.15, 0.2) is 0 Å². The lowest BCUT2D eigenvalue weighted by molar-refractivity contribution is -0.384. The fourth-order valence-electron chi connectivity index (χ4n) is 4.37. The Hall–Kier alpha value is -3.13. The molecule has 168 valence electrons. The third kappa shape index (κ3) is 4.85. The molecule has 0 spiro atoms. The molecule has 0 bridgehead atoms. The third-order valence-corrected chi connectivity index (χ3v) is 6.42. The van der Waals surface area contributed by atoms with Gasteiger partial charge in [-0.15, -0.1) is 0 Å². The number of non-ortho nitro benzene ring substituents is 1. The minimum Gasteiger partial charge on any atom is -0.368 e. The van der Waals surface area contributed by atoms with E-state index in [-0.39, 0.29) is 23.4 Å². The van der Waals surface area contributed by atoms with Gasteiger partial charge in [-0.1, -0.05) is 11.6 Å². The molecule has 0 N–H and O–H groups in total. The van der Waals surface area contributed by atoms with Gasteiger partial charge in [-0.2, -0.15) is 0 Å². The van der Waals surface area contributed by atoms with Gasteiger partial charge in [-0.25, -0.2) is 0 Å². The minimum atomic E-state index is -0.411. The second-order valence-electron chi connectivity index (χ2n) is 8.18. The molecular weight excluding hydrogens is 432 g/mol.